The van der Waals surface area contributed by atoms with Gasteiger partial charge in [-0.25, -0.2) is 0 Å². The zero-order chi connectivity index (χ0) is 8.27. The molecule has 1 unspecified atom stereocenters. The molecule has 0 aliphatic carbocycles. The molecule has 64 valence electrons. The van der Waals surface area contributed by atoms with E-state index in [0.29, 0.717) is 18.5 Å². The summed E-state index contributed by atoms with van der Waals surface area (Å²) in [6.07, 6.45) is 3.54. The van der Waals surface area contributed by atoms with Gasteiger partial charge in [0.1, 0.15) is 6.29 Å². The molecule has 1 fully saturated rings. The molecule has 1 heterocycles. The van der Waals surface area contributed by atoms with E-state index >= 15 is 0 Å². The summed E-state index contributed by atoms with van der Waals surface area (Å²) in [5.74, 6) is 0.692. The summed E-state index contributed by atoms with van der Waals surface area (Å²) in [5, 5.41) is 0. The van der Waals surface area contributed by atoms with E-state index in [0.717, 1.165) is 12.8 Å². The van der Waals surface area contributed by atoms with Crippen molar-refractivity contribution in [3.05, 3.63) is 0 Å². The molecule has 0 spiro atoms. The van der Waals surface area contributed by atoms with Gasteiger partial charge in [0.15, 0.2) is 0 Å². The Kier molecular flexibility index (Phi) is 3.06. The number of likely N-dealkylation sites (tertiary alicyclic amines) is 1. The molecule has 1 aliphatic heterocycles. The van der Waals surface area contributed by atoms with Crippen LogP contribution in [0.15, 0.2) is 0 Å². The highest BCUT2D eigenvalue weighted by Crippen LogP contribution is 2.22. The van der Waals surface area contributed by atoms with Gasteiger partial charge in [-0.15, -0.1) is 0 Å². The van der Waals surface area contributed by atoms with Crippen molar-refractivity contribution in [3.63, 3.8) is 0 Å². The zero-order valence-electron chi connectivity index (χ0n) is 7.42. The molecule has 2 heteroatoms. The Morgan fingerprint density at radius 2 is 2.36 bits per heavy atom. The van der Waals surface area contributed by atoms with Crippen LogP contribution < -0.4 is 0 Å². The number of carbonyl (C=O) groups excluding carboxylic acids is 1. The number of hydrogen-bond acceptors (Lipinski definition) is 2. The van der Waals surface area contributed by atoms with Gasteiger partial charge in [-0.2, -0.15) is 0 Å². The molecule has 1 atom stereocenters. The number of rotatable bonds is 3. The largest absolute Gasteiger partial charge is 0.302 e. The van der Waals surface area contributed by atoms with Crippen molar-refractivity contribution < 1.29 is 4.79 Å². The lowest BCUT2D eigenvalue weighted by molar-refractivity contribution is -0.109. The fourth-order valence-electron chi connectivity index (χ4n) is 1.93. The summed E-state index contributed by atoms with van der Waals surface area (Å²) in [6.45, 7) is 6.20. The maximum atomic E-state index is 10.3. The normalized spacial score (nSPS) is 26.3. The van der Waals surface area contributed by atoms with Gasteiger partial charge in [0.25, 0.3) is 0 Å². The topological polar surface area (TPSA) is 20.3 Å². The van der Waals surface area contributed by atoms with E-state index in [-0.39, 0.29) is 0 Å². The Labute approximate surface area is 68.6 Å². The molecule has 0 amide bonds. The lowest BCUT2D eigenvalue weighted by Gasteiger charge is -2.25. The molecule has 2 nitrogen and oxygen atoms in total. The van der Waals surface area contributed by atoms with Crippen LogP contribution in [0.25, 0.3) is 0 Å². The van der Waals surface area contributed by atoms with Gasteiger partial charge in [0.05, 0.1) is 6.54 Å². The van der Waals surface area contributed by atoms with Crippen molar-refractivity contribution in [2.75, 3.05) is 13.1 Å². The smallest absolute Gasteiger partial charge is 0.133 e. The number of hydrogen-bond donors (Lipinski definition) is 0. The second-order valence-electron chi connectivity index (χ2n) is 3.62. The van der Waals surface area contributed by atoms with Crippen LogP contribution in [0.3, 0.4) is 0 Å². The van der Waals surface area contributed by atoms with Crippen LogP contribution in [0.2, 0.25) is 0 Å². The second kappa shape index (κ2) is 3.86. The van der Waals surface area contributed by atoms with Crippen LogP contribution in [0.1, 0.15) is 26.7 Å². The Morgan fingerprint density at radius 1 is 1.64 bits per heavy atom. The maximum absolute atomic E-state index is 10.3. The first-order chi connectivity index (χ1) is 5.25. The third-order valence-corrected chi connectivity index (χ3v) is 2.49. The van der Waals surface area contributed by atoms with Crippen molar-refractivity contribution in [2.24, 2.45) is 5.92 Å². The zero-order valence-corrected chi connectivity index (χ0v) is 7.42. The second-order valence-corrected chi connectivity index (χ2v) is 3.62. The standard InChI is InChI=1S/C9H17NO/c1-8(2)9-4-3-5-10(9)6-7-11/h7-9H,3-6H2,1-2H3. The lowest BCUT2D eigenvalue weighted by atomic mass is 10.0. The monoisotopic (exact) mass is 155 g/mol. The minimum absolute atomic E-state index is 0.628. The molecule has 1 saturated heterocycles. The first kappa shape index (κ1) is 8.72. The highest BCUT2D eigenvalue weighted by atomic mass is 16.1. The fraction of sp³-hybridized carbons (Fsp3) is 0.889. The summed E-state index contributed by atoms with van der Waals surface area (Å²) in [5.41, 5.74) is 0. The minimum atomic E-state index is 0.628. The van der Waals surface area contributed by atoms with Crippen molar-refractivity contribution in [1.82, 2.24) is 4.90 Å². The van der Waals surface area contributed by atoms with Crippen molar-refractivity contribution >= 4 is 6.29 Å². The first-order valence-corrected chi connectivity index (χ1v) is 4.43. The summed E-state index contributed by atoms with van der Waals surface area (Å²) >= 11 is 0. The predicted molar refractivity (Wildman–Crippen MR) is 45.5 cm³/mol. The predicted octanol–water partition coefficient (Wildman–Crippen LogP) is 1.31. The minimum Gasteiger partial charge on any atom is -0.302 e. The molecule has 1 aliphatic rings. The molecular formula is C9H17NO. The van der Waals surface area contributed by atoms with Crippen LogP contribution in [0.4, 0.5) is 0 Å². The van der Waals surface area contributed by atoms with Gasteiger partial charge in [-0.1, -0.05) is 13.8 Å². The molecule has 0 radical (unpaired) electrons. The SMILES string of the molecule is CC(C)C1CCCN1CC=O. The third kappa shape index (κ3) is 2.03. The molecule has 0 aromatic carbocycles. The van der Waals surface area contributed by atoms with Crippen LogP contribution in [0, 0.1) is 5.92 Å². The molecule has 0 bridgehead atoms. The highest BCUT2D eigenvalue weighted by molar-refractivity contribution is 5.52. The fourth-order valence-corrected chi connectivity index (χ4v) is 1.93. The van der Waals surface area contributed by atoms with Gasteiger partial charge in [0.2, 0.25) is 0 Å². The van der Waals surface area contributed by atoms with E-state index < -0.39 is 0 Å². The quantitative estimate of drug-likeness (QED) is 0.573. The van der Waals surface area contributed by atoms with Crippen LogP contribution in [-0.4, -0.2) is 30.3 Å². The maximum Gasteiger partial charge on any atom is 0.133 e. The van der Waals surface area contributed by atoms with Crippen molar-refractivity contribution in [1.29, 1.82) is 0 Å². The molecule has 0 aromatic rings. The van der Waals surface area contributed by atoms with Crippen molar-refractivity contribution in [2.45, 2.75) is 32.7 Å². The van der Waals surface area contributed by atoms with E-state index in [1.54, 1.807) is 0 Å². The number of nitrogens with zero attached hydrogens (tertiary/aromatic N) is 1. The molecular weight excluding hydrogens is 138 g/mol. The van der Waals surface area contributed by atoms with E-state index in [9.17, 15) is 4.79 Å². The summed E-state index contributed by atoms with van der Waals surface area (Å²) in [4.78, 5) is 12.6. The van der Waals surface area contributed by atoms with Crippen LogP contribution in [-0.2, 0) is 4.79 Å². The molecule has 0 N–H and O–H groups in total. The average molecular weight is 155 g/mol. The number of aldehydes is 1. The molecule has 0 aromatic heterocycles. The van der Waals surface area contributed by atoms with Gasteiger partial charge < -0.3 is 4.79 Å². The molecule has 1 rings (SSSR count). The summed E-state index contributed by atoms with van der Waals surface area (Å²) < 4.78 is 0. The van der Waals surface area contributed by atoms with Gasteiger partial charge in [0, 0.05) is 6.04 Å². The molecule has 11 heavy (non-hydrogen) atoms. The third-order valence-electron chi connectivity index (χ3n) is 2.49. The summed E-state index contributed by atoms with van der Waals surface area (Å²) in [6, 6.07) is 0.653. The Bertz CT molecular complexity index is 134. The Hall–Kier alpha value is -0.370. The summed E-state index contributed by atoms with van der Waals surface area (Å²) in [7, 11) is 0. The van der Waals surface area contributed by atoms with Crippen LogP contribution >= 0.6 is 0 Å². The van der Waals surface area contributed by atoms with Gasteiger partial charge in [-0.05, 0) is 25.3 Å². The highest BCUT2D eigenvalue weighted by Gasteiger charge is 2.25. The molecule has 0 saturated carbocycles. The average Bonchev–Trinajstić information content (AvgIpc) is 2.36. The van der Waals surface area contributed by atoms with E-state index in [1.807, 2.05) is 0 Å². The lowest BCUT2D eigenvalue weighted by Crippen LogP contribution is -2.34. The van der Waals surface area contributed by atoms with E-state index in [4.69, 9.17) is 0 Å². The Balaban J connectivity index is 2.43. The van der Waals surface area contributed by atoms with Gasteiger partial charge >= 0.3 is 0 Å². The number of carbonyl (C=O) groups is 1. The van der Waals surface area contributed by atoms with E-state index in [1.165, 1.54) is 12.8 Å². The van der Waals surface area contributed by atoms with E-state index in [2.05, 4.69) is 18.7 Å². The van der Waals surface area contributed by atoms with Crippen molar-refractivity contribution in [3.8, 4) is 0 Å². The Morgan fingerprint density at radius 3 is 2.91 bits per heavy atom. The van der Waals surface area contributed by atoms with Gasteiger partial charge in [-0.3, -0.25) is 4.90 Å². The first-order valence-electron chi connectivity index (χ1n) is 4.43. The van der Waals surface area contributed by atoms with Crippen LogP contribution in [0.5, 0.6) is 0 Å².